The Hall–Kier alpha value is -2.61. The molecule has 0 saturated heterocycles. The molecule has 2 nitrogen and oxygen atoms in total. The lowest BCUT2D eigenvalue weighted by Crippen LogP contribution is -2.05. The monoisotopic (exact) mass is 250 g/mol. The summed E-state index contributed by atoms with van der Waals surface area (Å²) in [6, 6.07) is 15.3. The van der Waals surface area contributed by atoms with Gasteiger partial charge in [0.2, 0.25) is 0 Å². The van der Waals surface area contributed by atoms with E-state index in [4.69, 9.17) is 4.74 Å². The van der Waals surface area contributed by atoms with Gasteiger partial charge in [-0.25, -0.2) is 4.79 Å². The minimum absolute atomic E-state index is 0.427. The normalized spacial score (nSPS) is 9.68. The molecule has 2 heteroatoms. The zero-order chi connectivity index (χ0) is 13.7. The van der Waals surface area contributed by atoms with Crippen molar-refractivity contribution in [3.8, 4) is 11.1 Å². The van der Waals surface area contributed by atoms with Crippen molar-refractivity contribution in [1.29, 1.82) is 0 Å². The molecule has 2 rings (SSSR count). The molecule has 2 aromatic rings. The smallest absolute Gasteiger partial charge is 0.344 e. The highest BCUT2D eigenvalue weighted by molar-refractivity contribution is 6.01. The van der Waals surface area contributed by atoms with E-state index in [1.807, 2.05) is 48.5 Å². The summed E-state index contributed by atoms with van der Waals surface area (Å²) in [5.74, 6) is -0.427. The van der Waals surface area contributed by atoms with Gasteiger partial charge in [-0.1, -0.05) is 67.8 Å². The van der Waals surface area contributed by atoms with Crippen LogP contribution in [-0.4, -0.2) is 5.97 Å². The Morgan fingerprint density at radius 1 is 1.00 bits per heavy atom. The standard InChI is InChI=1S/C17H14O2/c1-3-13-11-8-12-15(14-9-6-5-7-10-14)16(13)17(18)19-4-2/h3-12H,1-2H2. The average Bonchev–Trinajstić information content (AvgIpc) is 2.47. The van der Waals surface area contributed by atoms with Crippen LogP contribution < -0.4 is 0 Å². The van der Waals surface area contributed by atoms with Crippen LogP contribution in [0.25, 0.3) is 17.2 Å². The lowest BCUT2D eigenvalue weighted by atomic mass is 9.95. The van der Waals surface area contributed by atoms with Gasteiger partial charge in [-0.05, 0) is 16.7 Å². The fourth-order valence-corrected chi connectivity index (χ4v) is 1.96. The molecule has 0 N–H and O–H groups in total. The van der Waals surface area contributed by atoms with Crippen molar-refractivity contribution in [3.05, 3.63) is 79.1 Å². The van der Waals surface area contributed by atoms with Gasteiger partial charge >= 0.3 is 5.97 Å². The van der Waals surface area contributed by atoms with Gasteiger partial charge in [-0.15, -0.1) is 0 Å². The maximum absolute atomic E-state index is 12.1. The Labute approximate surface area is 112 Å². The Balaban J connectivity index is 2.64. The first-order valence-corrected chi connectivity index (χ1v) is 5.90. The van der Waals surface area contributed by atoms with Crippen molar-refractivity contribution in [2.75, 3.05) is 0 Å². The van der Waals surface area contributed by atoms with Gasteiger partial charge < -0.3 is 4.74 Å². The van der Waals surface area contributed by atoms with E-state index in [2.05, 4.69) is 13.2 Å². The quantitative estimate of drug-likeness (QED) is 0.597. The molecule has 94 valence electrons. The van der Waals surface area contributed by atoms with Crippen LogP contribution in [0.4, 0.5) is 0 Å². The summed E-state index contributed by atoms with van der Waals surface area (Å²) in [6.07, 6.45) is 2.78. The molecule has 0 fully saturated rings. The van der Waals surface area contributed by atoms with Crippen LogP contribution in [0.15, 0.2) is 68.0 Å². The Morgan fingerprint density at radius 2 is 1.74 bits per heavy atom. The van der Waals surface area contributed by atoms with Crippen LogP contribution in [0.3, 0.4) is 0 Å². The van der Waals surface area contributed by atoms with Crippen LogP contribution in [-0.2, 0) is 4.74 Å². The first-order chi connectivity index (χ1) is 9.27. The molecule has 0 heterocycles. The highest BCUT2D eigenvalue weighted by Crippen LogP contribution is 2.27. The summed E-state index contributed by atoms with van der Waals surface area (Å²) in [5, 5.41) is 0. The molecule has 0 amide bonds. The molecule has 0 aliphatic carbocycles. The van der Waals surface area contributed by atoms with E-state index in [1.54, 1.807) is 6.08 Å². The minimum atomic E-state index is -0.427. The summed E-state index contributed by atoms with van der Waals surface area (Å²) < 4.78 is 4.91. The van der Waals surface area contributed by atoms with Gasteiger partial charge in [0.25, 0.3) is 0 Å². The van der Waals surface area contributed by atoms with E-state index >= 15 is 0 Å². The van der Waals surface area contributed by atoms with Crippen LogP contribution >= 0.6 is 0 Å². The summed E-state index contributed by atoms with van der Waals surface area (Å²) in [6.45, 7) is 7.15. The zero-order valence-corrected chi connectivity index (χ0v) is 10.5. The van der Waals surface area contributed by atoms with Gasteiger partial charge in [-0.2, -0.15) is 0 Å². The SMILES string of the molecule is C=COC(=O)c1c(C=C)cccc1-c1ccccc1. The van der Waals surface area contributed by atoms with Crippen molar-refractivity contribution in [2.45, 2.75) is 0 Å². The van der Waals surface area contributed by atoms with Crippen LogP contribution in [0.2, 0.25) is 0 Å². The third kappa shape index (κ3) is 2.63. The summed E-state index contributed by atoms with van der Waals surface area (Å²) >= 11 is 0. The van der Waals surface area contributed by atoms with Crippen molar-refractivity contribution in [1.82, 2.24) is 0 Å². The topological polar surface area (TPSA) is 26.3 Å². The zero-order valence-electron chi connectivity index (χ0n) is 10.5. The van der Waals surface area contributed by atoms with Crippen LogP contribution in [0.1, 0.15) is 15.9 Å². The number of esters is 1. The highest BCUT2D eigenvalue weighted by atomic mass is 16.5. The van der Waals surface area contributed by atoms with Gasteiger partial charge in [0.05, 0.1) is 11.8 Å². The molecule has 0 atom stereocenters. The Morgan fingerprint density at radius 3 is 2.37 bits per heavy atom. The number of benzene rings is 2. The van der Waals surface area contributed by atoms with Gasteiger partial charge in [0.1, 0.15) is 0 Å². The molecule has 0 aromatic heterocycles. The van der Waals surface area contributed by atoms with Crippen LogP contribution in [0.5, 0.6) is 0 Å². The molecule has 0 aliphatic rings. The van der Waals surface area contributed by atoms with E-state index in [0.717, 1.165) is 23.0 Å². The molecule has 0 spiro atoms. The first-order valence-electron chi connectivity index (χ1n) is 5.90. The number of carbonyl (C=O) groups excluding carboxylic acids is 1. The lowest BCUT2D eigenvalue weighted by molar-refractivity contribution is 0.0665. The molecule has 2 aromatic carbocycles. The fourth-order valence-electron chi connectivity index (χ4n) is 1.96. The van der Waals surface area contributed by atoms with E-state index in [-0.39, 0.29) is 0 Å². The second-order valence-electron chi connectivity index (χ2n) is 3.91. The molecular weight excluding hydrogens is 236 g/mol. The molecular formula is C17H14O2. The number of hydrogen-bond acceptors (Lipinski definition) is 2. The third-order valence-corrected chi connectivity index (χ3v) is 2.80. The lowest BCUT2D eigenvalue weighted by Gasteiger charge is -2.11. The van der Waals surface area contributed by atoms with E-state index in [0.29, 0.717) is 5.56 Å². The molecule has 0 aliphatic heterocycles. The van der Waals surface area contributed by atoms with Gasteiger partial charge in [0.15, 0.2) is 0 Å². The number of hydrogen-bond donors (Lipinski definition) is 0. The maximum Gasteiger partial charge on any atom is 0.344 e. The fraction of sp³-hybridized carbons (Fsp3) is 0. The number of carbonyl (C=O) groups is 1. The largest absolute Gasteiger partial charge is 0.431 e. The van der Waals surface area contributed by atoms with Crippen molar-refractivity contribution < 1.29 is 9.53 Å². The van der Waals surface area contributed by atoms with Crippen molar-refractivity contribution in [2.24, 2.45) is 0 Å². The first kappa shape index (κ1) is 12.8. The minimum Gasteiger partial charge on any atom is -0.431 e. The highest BCUT2D eigenvalue weighted by Gasteiger charge is 2.16. The maximum atomic E-state index is 12.1. The Bertz CT molecular complexity index is 612. The molecule has 0 unspecified atom stereocenters. The average molecular weight is 250 g/mol. The van der Waals surface area contributed by atoms with Crippen molar-refractivity contribution in [3.63, 3.8) is 0 Å². The van der Waals surface area contributed by atoms with E-state index < -0.39 is 5.97 Å². The molecule has 19 heavy (non-hydrogen) atoms. The molecule has 0 bridgehead atoms. The predicted octanol–water partition coefficient (Wildman–Crippen LogP) is 4.30. The van der Waals surface area contributed by atoms with E-state index in [9.17, 15) is 4.79 Å². The molecule has 0 saturated carbocycles. The van der Waals surface area contributed by atoms with E-state index in [1.165, 1.54) is 0 Å². The number of ether oxygens (including phenoxy) is 1. The summed E-state index contributed by atoms with van der Waals surface area (Å²) in [7, 11) is 0. The second kappa shape index (κ2) is 5.83. The predicted molar refractivity (Wildman–Crippen MR) is 77.6 cm³/mol. The van der Waals surface area contributed by atoms with Gasteiger partial charge in [0, 0.05) is 0 Å². The summed E-state index contributed by atoms with van der Waals surface area (Å²) in [4.78, 5) is 12.1. The Kier molecular flexibility index (Phi) is 3.94. The molecule has 0 radical (unpaired) electrons. The van der Waals surface area contributed by atoms with Gasteiger partial charge in [-0.3, -0.25) is 0 Å². The van der Waals surface area contributed by atoms with Crippen molar-refractivity contribution >= 4 is 12.0 Å². The second-order valence-corrected chi connectivity index (χ2v) is 3.91. The third-order valence-electron chi connectivity index (χ3n) is 2.80. The number of rotatable bonds is 4. The van der Waals surface area contributed by atoms with Crippen LogP contribution in [0, 0.1) is 0 Å². The summed E-state index contributed by atoms with van der Waals surface area (Å²) in [5.41, 5.74) is 3.03.